The van der Waals surface area contributed by atoms with Gasteiger partial charge in [0.25, 0.3) is 5.91 Å². The summed E-state index contributed by atoms with van der Waals surface area (Å²) in [5.74, 6) is -0.0866. The van der Waals surface area contributed by atoms with Crippen LogP contribution in [-0.4, -0.2) is 16.1 Å². The Morgan fingerprint density at radius 1 is 1.12 bits per heavy atom. The normalized spacial score (nSPS) is 17.4. The Balaban J connectivity index is 1.76. The summed E-state index contributed by atoms with van der Waals surface area (Å²) in [6, 6.07) is 17.4. The summed E-state index contributed by atoms with van der Waals surface area (Å²) in [5.41, 5.74) is 1.75. The molecule has 1 amide bonds. The van der Waals surface area contributed by atoms with Crippen LogP contribution in [0.3, 0.4) is 0 Å². The van der Waals surface area contributed by atoms with Crippen molar-refractivity contribution in [1.29, 1.82) is 0 Å². The first-order valence-electron chi connectivity index (χ1n) is 7.73. The number of thioether (sulfide) groups is 1. The number of aliphatic imine (C=N–C) groups is 1. The van der Waals surface area contributed by atoms with Crippen molar-refractivity contribution in [2.24, 2.45) is 4.99 Å². The molecule has 1 saturated heterocycles. The van der Waals surface area contributed by atoms with Gasteiger partial charge < -0.3 is 0 Å². The van der Waals surface area contributed by atoms with Gasteiger partial charge in [0, 0.05) is 16.0 Å². The highest BCUT2D eigenvalue weighted by Crippen LogP contribution is 2.37. The SMILES string of the molecule is O=C1/C(=C/c2cccc(Br)c2)S/C(=N/c2nccs2)N1c1ccccc1. The number of carbonyl (C=O) groups is 1. The highest BCUT2D eigenvalue weighted by Gasteiger charge is 2.34. The van der Waals surface area contributed by atoms with E-state index >= 15 is 0 Å². The number of hydrogen-bond donors (Lipinski definition) is 0. The molecule has 128 valence electrons. The zero-order valence-corrected chi connectivity index (χ0v) is 16.6. The number of thiazole rings is 1. The molecule has 7 heteroatoms. The lowest BCUT2D eigenvalue weighted by atomic mass is 10.2. The first-order chi connectivity index (χ1) is 12.7. The fourth-order valence-electron chi connectivity index (χ4n) is 2.45. The summed E-state index contributed by atoms with van der Waals surface area (Å²) in [7, 11) is 0. The van der Waals surface area contributed by atoms with E-state index < -0.39 is 0 Å². The molecule has 26 heavy (non-hydrogen) atoms. The topological polar surface area (TPSA) is 45.6 Å². The van der Waals surface area contributed by atoms with Crippen LogP contribution >= 0.6 is 39.0 Å². The summed E-state index contributed by atoms with van der Waals surface area (Å²) >= 11 is 6.26. The summed E-state index contributed by atoms with van der Waals surface area (Å²) < 4.78 is 0.971. The van der Waals surface area contributed by atoms with E-state index in [4.69, 9.17) is 0 Å². The quantitative estimate of drug-likeness (QED) is 0.488. The zero-order valence-electron chi connectivity index (χ0n) is 13.4. The van der Waals surface area contributed by atoms with E-state index in [1.807, 2.05) is 66.1 Å². The first kappa shape index (κ1) is 17.2. The number of anilines is 1. The summed E-state index contributed by atoms with van der Waals surface area (Å²) in [5, 5.41) is 3.11. The van der Waals surface area contributed by atoms with Gasteiger partial charge in [0.1, 0.15) is 0 Å². The van der Waals surface area contributed by atoms with Crippen LogP contribution in [-0.2, 0) is 4.79 Å². The largest absolute Gasteiger partial charge is 0.271 e. The Bertz CT molecular complexity index is 1000. The molecule has 0 spiro atoms. The van der Waals surface area contributed by atoms with Crippen molar-refractivity contribution in [1.82, 2.24) is 4.98 Å². The molecule has 0 atom stereocenters. The lowest BCUT2D eigenvalue weighted by Gasteiger charge is -2.14. The van der Waals surface area contributed by atoms with Crippen molar-refractivity contribution < 1.29 is 4.79 Å². The maximum atomic E-state index is 13.1. The van der Waals surface area contributed by atoms with Gasteiger partial charge in [-0.2, -0.15) is 4.99 Å². The molecule has 0 N–H and O–H groups in total. The molecular formula is C19H12BrN3OS2. The summed E-state index contributed by atoms with van der Waals surface area (Å²) in [6.45, 7) is 0. The smallest absolute Gasteiger partial charge is 0.268 e. The molecule has 0 unspecified atom stereocenters. The van der Waals surface area contributed by atoms with Gasteiger partial charge in [-0.1, -0.05) is 46.3 Å². The van der Waals surface area contributed by atoms with Crippen molar-refractivity contribution >= 4 is 67.0 Å². The molecule has 1 aromatic heterocycles. The van der Waals surface area contributed by atoms with Crippen LogP contribution in [0.5, 0.6) is 0 Å². The summed E-state index contributed by atoms with van der Waals surface area (Å²) in [4.78, 5) is 24.1. The van der Waals surface area contributed by atoms with Gasteiger partial charge in [0.15, 0.2) is 5.17 Å². The number of amides is 1. The maximum absolute atomic E-state index is 13.1. The number of nitrogens with zero attached hydrogens (tertiary/aromatic N) is 3. The molecule has 0 bridgehead atoms. The molecule has 1 fully saturated rings. The molecule has 4 nitrogen and oxygen atoms in total. The Kier molecular flexibility index (Phi) is 5.01. The minimum absolute atomic E-state index is 0.0866. The number of amidine groups is 1. The molecule has 0 radical (unpaired) electrons. The van der Waals surface area contributed by atoms with Crippen molar-refractivity contribution in [2.45, 2.75) is 0 Å². The van der Waals surface area contributed by atoms with E-state index in [0.29, 0.717) is 15.2 Å². The summed E-state index contributed by atoms with van der Waals surface area (Å²) in [6.07, 6.45) is 3.59. The fraction of sp³-hybridized carbons (Fsp3) is 0. The van der Waals surface area contributed by atoms with Crippen molar-refractivity contribution in [2.75, 3.05) is 4.90 Å². The second kappa shape index (κ2) is 7.57. The first-order valence-corrected chi connectivity index (χ1v) is 10.2. The van der Waals surface area contributed by atoms with Crippen molar-refractivity contribution in [3.8, 4) is 0 Å². The Morgan fingerprint density at radius 2 is 1.96 bits per heavy atom. The second-order valence-corrected chi connectivity index (χ2v) is 8.15. The molecule has 2 heterocycles. The number of aromatic nitrogens is 1. The minimum atomic E-state index is -0.0866. The van der Waals surface area contributed by atoms with Crippen LogP contribution in [0.15, 0.2) is 80.5 Å². The molecule has 2 aromatic carbocycles. The van der Waals surface area contributed by atoms with E-state index in [9.17, 15) is 4.79 Å². The van der Waals surface area contributed by atoms with Crippen LogP contribution < -0.4 is 4.90 Å². The van der Waals surface area contributed by atoms with Gasteiger partial charge in [-0.3, -0.25) is 9.69 Å². The Hall–Kier alpha value is -2.22. The van der Waals surface area contributed by atoms with E-state index in [0.717, 1.165) is 15.7 Å². The van der Waals surface area contributed by atoms with E-state index in [1.165, 1.54) is 23.1 Å². The predicted molar refractivity (Wildman–Crippen MR) is 113 cm³/mol. The molecule has 3 aromatic rings. The second-order valence-electron chi connectivity index (χ2n) is 5.35. The maximum Gasteiger partial charge on any atom is 0.271 e. The molecule has 0 aliphatic carbocycles. The Morgan fingerprint density at radius 3 is 2.69 bits per heavy atom. The lowest BCUT2D eigenvalue weighted by molar-refractivity contribution is -0.113. The highest BCUT2D eigenvalue weighted by molar-refractivity contribution is 9.10. The van der Waals surface area contributed by atoms with Crippen LogP contribution in [0.1, 0.15) is 5.56 Å². The third-order valence-corrected chi connectivity index (χ3v) is 5.71. The highest BCUT2D eigenvalue weighted by atomic mass is 79.9. The number of hydrogen-bond acceptors (Lipinski definition) is 5. The average Bonchev–Trinajstić information content (AvgIpc) is 3.25. The van der Waals surface area contributed by atoms with Gasteiger partial charge in [-0.05, 0) is 47.7 Å². The number of para-hydroxylation sites is 1. The third kappa shape index (κ3) is 3.65. The molecule has 1 aliphatic rings. The number of rotatable bonds is 3. The van der Waals surface area contributed by atoms with Gasteiger partial charge >= 0.3 is 0 Å². The zero-order chi connectivity index (χ0) is 17.9. The van der Waals surface area contributed by atoms with E-state index in [1.54, 1.807) is 11.1 Å². The van der Waals surface area contributed by atoms with Gasteiger partial charge in [0.05, 0.1) is 10.6 Å². The van der Waals surface area contributed by atoms with E-state index in [2.05, 4.69) is 25.9 Å². The predicted octanol–water partition coefficient (Wildman–Crippen LogP) is 5.71. The van der Waals surface area contributed by atoms with Gasteiger partial charge in [0.2, 0.25) is 5.13 Å². The number of halogens is 1. The number of benzene rings is 2. The van der Waals surface area contributed by atoms with Gasteiger partial charge in [-0.25, -0.2) is 4.98 Å². The molecule has 4 rings (SSSR count). The average molecular weight is 442 g/mol. The standard InChI is InChI=1S/C19H12BrN3OS2/c20-14-6-4-5-13(11-14)12-16-17(24)23(15-7-2-1-3-8-15)19(26-16)22-18-21-9-10-25-18/h1-12H/b16-12-,22-19+. The monoisotopic (exact) mass is 441 g/mol. The fourth-order valence-corrected chi connectivity index (χ4v) is 4.42. The Labute approximate surface area is 167 Å². The van der Waals surface area contributed by atoms with Crippen LogP contribution in [0.4, 0.5) is 10.8 Å². The third-order valence-electron chi connectivity index (χ3n) is 3.58. The van der Waals surface area contributed by atoms with Crippen LogP contribution in [0.2, 0.25) is 0 Å². The van der Waals surface area contributed by atoms with Crippen molar-refractivity contribution in [3.63, 3.8) is 0 Å². The van der Waals surface area contributed by atoms with Crippen molar-refractivity contribution in [3.05, 3.63) is 81.1 Å². The minimum Gasteiger partial charge on any atom is -0.268 e. The molecular weight excluding hydrogens is 430 g/mol. The lowest BCUT2D eigenvalue weighted by Crippen LogP contribution is -2.28. The van der Waals surface area contributed by atoms with Crippen LogP contribution in [0.25, 0.3) is 6.08 Å². The van der Waals surface area contributed by atoms with Crippen LogP contribution in [0, 0.1) is 0 Å². The molecule has 1 aliphatic heterocycles. The molecule has 0 saturated carbocycles. The number of carbonyl (C=O) groups excluding carboxylic acids is 1. The van der Waals surface area contributed by atoms with E-state index in [-0.39, 0.29) is 5.91 Å². The van der Waals surface area contributed by atoms with Gasteiger partial charge in [-0.15, -0.1) is 11.3 Å².